The Bertz CT molecular complexity index is 3560. The normalized spacial score (nSPS) is 11.8. The number of hydrogen-bond donors (Lipinski definition) is 0. The predicted molar refractivity (Wildman–Crippen MR) is 246 cm³/mol. The highest BCUT2D eigenvalue weighted by Gasteiger charge is 2.20. The second-order valence-corrected chi connectivity index (χ2v) is 16.0. The lowest BCUT2D eigenvalue weighted by Gasteiger charge is -2.14. The van der Waals surface area contributed by atoms with Gasteiger partial charge in [0.05, 0.1) is 33.5 Å². The van der Waals surface area contributed by atoms with Crippen LogP contribution in [-0.2, 0) is 0 Å². The Labute approximate surface area is 338 Å². The van der Waals surface area contributed by atoms with E-state index in [2.05, 4.69) is 193 Å². The molecule has 0 fully saturated rings. The van der Waals surface area contributed by atoms with Crippen LogP contribution in [0.5, 0.6) is 0 Å². The third-order valence-electron chi connectivity index (χ3n) is 11.6. The van der Waals surface area contributed by atoms with Gasteiger partial charge in [-0.3, -0.25) is 0 Å². The van der Waals surface area contributed by atoms with Crippen molar-refractivity contribution in [1.29, 1.82) is 0 Å². The van der Waals surface area contributed by atoms with Crippen molar-refractivity contribution < 1.29 is 0 Å². The van der Waals surface area contributed by atoms with E-state index in [-0.39, 0.29) is 0 Å². The maximum absolute atomic E-state index is 5.44. The smallest absolute Gasteiger partial charge is 0.0973 e. The second-order valence-electron chi connectivity index (χ2n) is 14.9. The van der Waals surface area contributed by atoms with Gasteiger partial charge >= 0.3 is 0 Å². The molecule has 0 spiro atoms. The van der Waals surface area contributed by atoms with Gasteiger partial charge in [-0.25, -0.2) is 9.97 Å². The molecule has 0 amide bonds. The van der Waals surface area contributed by atoms with E-state index in [4.69, 9.17) is 9.97 Å². The van der Waals surface area contributed by atoms with Crippen molar-refractivity contribution in [2.45, 2.75) is 0 Å². The molecule has 3 aromatic heterocycles. The minimum Gasteiger partial charge on any atom is -0.309 e. The number of aromatic nitrogens is 3. The fourth-order valence-corrected chi connectivity index (χ4v) is 10.2. The molecule has 0 aliphatic carbocycles. The topological polar surface area (TPSA) is 30.7 Å². The Kier molecular flexibility index (Phi) is 7.40. The van der Waals surface area contributed by atoms with Gasteiger partial charge in [-0.1, -0.05) is 164 Å². The second kappa shape index (κ2) is 13.1. The van der Waals surface area contributed by atoms with Crippen LogP contribution in [0.25, 0.3) is 114 Å². The van der Waals surface area contributed by atoms with E-state index in [1.807, 2.05) is 23.5 Å². The Hall–Kier alpha value is -7.40. The Morgan fingerprint density at radius 2 is 1.05 bits per heavy atom. The maximum Gasteiger partial charge on any atom is 0.0973 e. The van der Waals surface area contributed by atoms with Gasteiger partial charge in [0, 0.05) is 53.3 Å². The molecular formula is C54H33N3S. The number of nitrogens with zero attached hydrogens (tertiary/aromatic N) is 3. The van der Waals surface area contributed by atoms with Gasteiger partial charge in [0.25, 0.3) is 0 Å². The van der Waals surface area contributed by atoms with Crippen LogP contribution < -0.4 is 0 Å². The molecule has 0 saturated carbocycles. The van der Waals surface area contributed by atoms with Crippen molar-refractivity contribution in [2.75, 3.05) is 0 Å². The number of thiophene rings is 1. The molecule has 4 heteroatoms. The van der Waals surface area contributed by atoms with Gasteiger partial charge in [-0.2, -0.15) is 0 Å². The van der Waals surface area contributed by atoms with Crippen molar-refractivity contribution >= 4 is 75.1 Å². The zero-order valence-corrected chi connectivity index (χ0v) is 32.1. The van der Waals surface area contributed by atoms with Crippen LogP contribution in [0, 0.1) is 0 Å². The summed E-state index contributed by atoms with van der Waals surface area (Å²) in [6.45, 7) is 0. The first-order valence-corrected chi connectivity index (χ1v) is 20.5. The minimum absolute atomic E-state index is 0.866. The molecule has 0 N–H and O–H groups in total. The average Bonchev–Trinajstić information content (AvgIpc) is 3.85. The van der Waals surface area contributed by atoms with Crippen LogP contribution >= 0.6 is 11.3 Å². The van der Waals surface area contributed by atoms with Crippen molar-refractivity contribution in [2.24, 2.45) is 0 Å². The Morgan fingerprint density at radius 3 is 1.90 bits per heavy atom. The zero-order valence-electron chi connectivity index (χ0n) is 31.3. The van der Waals surface area contributed by atoms with Crippen LogP contribution in [0.3, 0.4) is 0 Å². The zero-order chi connectivity index (χ0) is 38.2. The summed E-state index contributed by atoms with van der Waals surface area (Å²) in [5.74, 6) is 0. The molecule has 12 aromatic rings. The van der Waals surface area contributed by atoms with Gasteiger partial charge in [0.2, 0.25) is 0 Å². The highest BCUT2D eigenvalue weighted by atomic mass is 32.1. The standard InChI is InChI=1S/C54H33N3S/c1-3-15-35(16-4-1)51-52(36-17-5-2-6-18-36)56-53-41(23-13-26-46(53)55-51)37-19-11-20-39(32-37)57-47-31-29-34-14-7-8-21-40(34)50(47)45-30-28-38(33-48(45)57)42-24-12-25-44-43-22-9-10-27-49(43)58-54(42)44/h1-33H. The molecule has 3 heterocycles. The minimum atomic E-state index is 0.866. The molecule has 3 nitrogen and oxygen atoms in total. The molecule has 270 valence electrons. The first-order valence-electron chi connectivity index (χ1n) is 19.7. The largest absolute Gasteiger partial charge is 0.309 e. The number of benzene rings is 9. The number of hydrogen-bond acceptors (Lipinski definition) is 3. The quantitative estimate of drug-likeness (QED) is 0.175. The summed E-state index contributed by atoms with van der Waals surface area (Å²) in [7, 11) is 0. The fraction of sp³-hybridized carbons (Fsp3) is 0. The Morgan fingerprint density at radius 1 is 0.397 bits per heavy atom. The van der Waals surface area contributed by atoms with Gasteiger partial charge in [0.15, 0.2) is 0 Å². The maximum atomic E-state index is 5.44. The molecule has 0 radical (unpaired) electrons. The van der Waals surface area contributed by atoms with Crippen molar-refractivity contribution in [3.8, 4) is 50.5 Å². The SMILES string of the molecule is c1ccc(-c2nc3cccc(-c4cccc(-n5c6cc(-c7cccc8c7sc7ccccc78)ccc6c6c7ccccc7ccc65)c4)c3nc2-c2ccccc2)cc1. The summed E-state index contributed by atoms with van der Waals surface area (Å²) in [6, 6.07) is 71.9. The van der Waals surface area contributed by atoms with E-state index < -0.39 is 0 Å². The summed E-state index contributed by atoms with van der Waals surface area (Å²) in [6.07, 6.45) is 0. The van der Waals surface area contributed by atoms with Gasteiger partial charge < -0.3 is 4.57 Å². The molecule has 0 aliphatic heterocycles. The molecule has 0 atom stereocenters. The molecule has 12 rings (SSSR count). The molecular weight excluding hydrogens is 723 g/mol. The first-order chi connectivity index (χ1) is 28.8. The van der Waals surface area contributed by atoms with Crippen LogP contribution in [0.4, 0.5) is 0 Å². The average molecular weight is 756 g/mol. The lowest BCUT2D eigenvalue weighted by Crippen LogP contribution is -1.98. The summed E-state index contributed by atoms with van der Waals surface area (Å²) in [4.78, 5) is 10.7. The fourth-order valence-electron chi connectivity index (χ4n) is 8.92. The predicted octanol–water partition coefficient (Wildman–Crippen LogP) is 14.9. The summed E-state index contributed by atoms with van der Waals surface area (Å²) in [5.41, 5.74) is 13.6. The van der Waals surface area contributed by atoms with Crippen LogP contribution in [-0.4, -0.2) is 14.5 Å². The van der Waals surface area contributed by atoms with E-state index in [1.54, 1.807) is 0 Å². The molecule has 0 saturated heterocycles. The first kappa shape index (κ1) is 32.8. The molecule has 58 heavy (non-hydrogen) atoms. The van der Waals surface area contributed by atoms with E-state index in [9.17, 15) is 0 Å². The summed E-state index contributed by atoms with van der Waals surface area (Å²) >= 11 is 1.88. The van der Waals surface area contributed by atoms with Crippen molar-refractivity contribution in [1.82, 2.24) is 14.5 Å². The van der Waals surface area contributed by atoms with Crippen molar-refractivity contribution in [3.05, 3.63) is 200 Å². The highest BCUT2D eigenvalue weighted by molar-refractivity contribution is 7.26. The molecule has 9 aromatic carbocycles. The monoisotopic (exact) mass is 755 g/mol. The third-order valence-corrected chi connectivity index (χ3v) is 12.8. The lowest BCUT2D eigenvalue weighted by molar-refractivity contribution is 1.18. The summed E-state index contributed by atoms with van der Waals surface area (Å²) < 4.78 is 5.09. The molecule has 0 bridgehead atoms. The number of para-hydroxylation sites is 1. The molecule has 0 unspecified atom stereocenters. The van der Waals surface area contributed by atoms with E-state index in [0.29, 0.717) is 0 Å². The third kappa shape index (κ3) is 5.12. The Balaban J connectivity index is 1.09. The van der Waals surface area contributed by atoms with Crippen LogP contribution in [0.15, 0.2) is 200 Å². The number of fused-ring (bicyclic) bond motifs is 9. The summed E-state index contributed by atoms with van der Waals surface area (Å²) in [5, 5.41) is 7.62. The van der Waals surface area contributed by atoms with E-state index in [1.165, 1.54) is 63.9 Å². The van der Waals surface area contributed by atoms with Crippen LogP contribution in [0.1, 0.15) is 0 Å². The van der Waals surface area contributed by atoms with Gasteiger partial charge in [0.1, 0.15) is 0 Å². The number of rotatable bonds is 5. The molecule has 0 aliphatic rings. The van der Waals surface area contributed by atoms with Crippen LogP contribution in [0.2, 0.25) is 0 Å². The van der Waals surface area contributed by atoms with Crippen molar-refractivity contribution in [3.63, 3.8) is 0 Å². The van der Waals surface area contributed by atoms with Gasteiger partial charge in [-0.05, 0) is 63.9 Å². The highest BCUT2D eigenvalue weighted by Crippen LogP contribution is 2.43. The van der Waals surface area contributed by atoms with E-state index in [0.717, 1.165) is 50.4 Å². The lowest BCUT2D eigenvalue weighted by atomic mass is 9.99. The van der Waals surface area contributed by atoms with Gasteiger partial charge in [-0.15, -0.1) is 11.3 Å². The van der Waals surface area contributed by atoms with E-state index >= 15 is 0 Å².